The van der Waals surface area contributed by atoms with E-state index in [0.29, 0.717) is 11.6 Å². The third-order valence-electron chi connectivity index (χ3n) is 4.59. The Balaban J connectivity index is 2.08. The van der Waals surface area contributed by atoms with Crippen LogP contribution in [0, 0.1) is 0 Å². The Kier molecular flexibility index (Phi) is 9.88. The summed E-state index contributed by atoms with van der Waals surface area (Å²) in [5.74, 6) is -2.15. The molecule has 188 valence electrons. The number of guanidine groups is 1. The molecule has 0 saturated carbocycles. The second kappa shape index (κ2) is 12.6. The second-order valence-corrected chi connectivity index (χ2v) is 7.71. The maximum absolute atomic E-state index is 13.0. The first kappa shape index (κ1) is 27.4. The minimum absolute atomic E-state index is 0.0531. The number of nitrogens with zero attached hydrogens (tertiary/aromatic N) is 1. The number of benzene rings is 2. The Morgan fingerprint density at radius 3 is 2.37 bits per heavy atom. The fourth-order valence-electron chi connectivity index (χ4n) is 2.89. The number of anilines is 1. The average molecular weight is 513 g/mol. The van der Waals surface area contributed by atoms with E-state index in [1.165, 1.54) is 0 Å². The number of alkyl halides is 3. The van der Waals surface area contributed by atoms with Crippen LogP contribution in [-0.4, -0.2) is 42.8 Å². The van der Waals surface area contributed by atoms with Gasteiger partial charge in [0, 0.05) is 12.1 Å². The first-order valence-electron chi connectivity index (χ1n) is 10.3. The van der Waals surface area contributed by atoms with Gasteiger partial charge in [0.2, 0.25) is 11.8 Å². The van der Waals surface area contributed by atoms with Gasteiger partial charge in [0.1, 0.15) is 6.04 Å². The minimum Gasteiger partial charge on any atom is -0.370 e. The zero-order chi connectivity index (χ0) is 26.0. The molecule has 0 fully saturated rings. The monoisotopic (exact) mass is 512 g/mol. The van der Waals surface area contributed by atoms with E-state index < -0.39 is 42.0 Å². The van der Waals surface area contributed by atoms with E-state index in [0.717, 1.165) is 12.1 Å². The molecule has 2 rings (SSSR count). The molecule has 2 aromatic rings. The Morgan fingerprint density at radius 2 is 1.74 bits per heavy atom. The molecule has 0 radical (unpaired) electrons. The van der Waals surface area contributed by atoms with Crippen molar-refractivity contribution >= 4 is 41.0 Å². The third-order valence-corrected chi connectivity index (χ3v) is 4.92. The predicted molar refractivity (Wildman–Crippen MR) is 126 cm³/mol. The molecule has 0 aliphatic heterocycles. The van der Waals surface area contributed by atoms with E-state index >= 15 is 0 Å². The summed E-state index contributed by atoms with van der Waals surface area (Å²) in [5, 5.41) is 7.07. The minimum atomic E-state index is -4.64. The number of carbonyl (C=O) groups is 3. The lowest BCUT2D eigenvalue weighted by atomic mass is 10.1. The fourth-order valence-corrected chi connectivity index (χ4v) is 3.05. The number of halogens is 4. The van der Waals surface area contributed by atoms with Crippen LogP contribution in [0.3, 0.4) is 0 Å². The zero-order valence-corrected chi connectivity index (χ0v) is 19.1. The largest absolute Gasteiger partial charge is 0.416 e. The molecule has 3 amide bonds. The molecular weight excluding hydrogens is 489 g/mol. The van der Waals surface area contributed by atoms with Gasteiger partial charge in [-0.15, -0.1) is 0 Å². The summed E-state index contributed by atoms with van der Waals surface area (Å²) in [6.45, 7) is -0.285. The van der Waals surface area contributed by atoms with E-state index in [1.54, 1.807) is 30.3 Å². The van der Waals surface area contributed by atoms with Crippen molar-refractivity contribution in [3.05, 3.63) is 64.7 Å². The van der Waals surface area contributed by atoms with Gasteiger partial charge in [-0.3, -0.25) is 19.4 Å². The van der Waals surface area contributed by atoms with Gasteiger partial charge in [-0.1, -0.05) is 29.8 Å². The van der Waals surface area contributed by atoms with Crippen LogP contribution in [0.2, 0.25) is 5.02 Å². The molecule has 0 bridgehead atoms. The van der Waals surface area contributed by atoms with Crippen molar-refractivity contribution in [3.63, 3.8) is 0 Å². The normalized spacial score (nSPS) is 11.8. The number of carbonyl (C=O) groups excluding carboxylic acids is 3. The number of hydrogen-bond acceptors (Lipinski definition) is 4. The molecule has 0 aliphatic rings. The van der Waals surface area contributed by atoms with Gasteiger partial charge >= 0.3 is 6.18 Å². The Labute approximate surface area is 204 Å². The van der Waals surface area contributed by atoms with Gasteiger partial charge in [-0.25, -0.2) is 0 Å². The van der Waals surface area contributed by atoms with Gasteiger partial charge < -0.3 is 27.4 Å². The van der Waals surface area contributed by atoms with E-state index in [1.807, 2.05) is 0 Å². The molecule has 0 heterocycles. The van der Waals surface area contributed by atoms with Crippen molar-refractivity contribution in [2.24, 2.45) is 16.5 Å². The molecular formula is C22H24ClF3N6O3. The van der Waals surface area contributed by atoms with Crippen LogP contribution in [0.4, 0.5) is 18.9 Å². The molecule has 7 N–H and O–H groups in total. The van der Waals surface area contributed by atoms with E-state index in [-0.39, 0.29) is 36.1 Å². The zero-order valence-electron chi connectivity index (χ0n) is 18.4. The number of nitrogens with two attached hydrogens (primary N) is 2. The van der Waals surface area contributed by atoms with Crippen LogP contribution >= 0.6 is 11.6 Å². The quantitative estimate of drug-likeness (QED) is 0.188. The summed E-state index contributed by atoms with van der Waals surface area (Å²) < 4.78 is 39.1. The van der Waals surface area contributed by atoms with Crippen LogP contribution in [0.15, 0.2) is 53.5 Å². The van der Waals surface area contributed by atoms with E-state index in [9.17, 15) is 27.6 Å². The highest BCUT2D eigenvalue weighted by atomic mass is 35.5. The van der Waals surface area contributed by atoms with Gasteiger partial charge in [0.25, 0.3) is 5.91 Å². The highest BCUT2D eigenvalue weighted by Crippen LogP contribution is 2.33. The van der Waals surface area contributed by atoms with Gasteiger partial charge in [0.05, 0.1) is 22.8 Å². The number of nitrogens with one attached hydrogen (secondary N) is 3. The second-order valence-electron chi connectivity index (χ2n) is 7.30. The molecule has 1 atom stereocenters. The van der Waals surface area contributed by atoms with Crippen LogP contribution < -0.4 is 27.4 Å². The third kappa shape index (κ3) is 9.16. The first-order valence-corrected chi connectivity index (χ1v) is 10.7. The average Bonchev–Trinajstić information content (AvgIpc) is 2.80. The SMILES string of the molecule is NC(N)=NCCC[C@H](NC(=O)CNC(=O)c1ccccc1)C(=O)Nc1cc(C(F)(F)F)ccc1Cl. The summed E-state index contributed by atoms with van der Waals surface area (Å²) in [4.78, 5) is 41.1. The Hall–Kier alpha value is -3.80. The number of rotatable bonds is 10. The lowest BCUT2D eigenvalue weighted by molar-refractivity contribution is -0.137. The summed E-state index contributed by atoms with van der Waals surface area (Å²) >= 11 is 5.94. The Bertz CT molecular complexity index is 1080. The maximum Gasteiger partial charge on any atom is 0.416 e. The highest BCUT2D eigenvalue weighted by Gasteiger charge is 2.31. The molecule has 0 spiro atoms. The number of aliphatic imine (C=N–C) groups is 1. The van der Waals surface area contributed by atoms with Gasteiger partial charge in [-0.05, 0) is 43.2 Å². The topological polar surface area (TPSA) is 152 Å². The lowest BCUT2D eigenvalue weighted by Gasteiger charge is -2.19. The van der Waals surface area contributed by atoms with E-state index in [2.05, 4.69) is 20.9 Å². The molecule has 0 saturated heterocycles. The van der Waals surface area contributed by atoms with Crippen molar-refractivity contribution in [2.75, 3.05) is 18.4 Å². The molecule has 0 aromatic heterocycles. The van der Waals surface area contributed by atoms with Crippen molar-refractivity contribution in [2.45, 2.75) is 25.1 Å². The molecule has 0 unspecified atom stereocenters. The van der Waals surface area contributed by atoms with Crippen LogP contribution in [-0.2, 0) is 15.8 Å². The van der Waals surface area contributed by atoms with E-state index in [4.69, 9.17) is 23.1 Å². The van der Waals surface area contributed by atoms with Gasteiger partial charge in [0.15, 0.2) is 5.96 Å². The highest BCUT2D eigenvalue weighted by molar-refractivity contribution is 6.33. The summed E-state index contributed by atoms with van der Waals surface area (Å²) in [6.07, 6.45) is -4.32. The number of amides is 3. The molecule has 35 heavy (non-hydrogen) atoms. The van der Waals surface area contributed by atoms with Crippen molar-refractivity contribution < 1.29 is 27.6 Å². The van der Waals surface area contributed by atoms with Crippen molar-refractivity contribution in [3.8, 4) is 0 Å². The first-order chi connectivity index (χ1) is 16.5. The van der Waals surface area contributed by atoms with Crippen LogP contribution in [0.5, 0.6) is 0 Å². The van der Waals surface area contributed by atoms with Crippen LogP contribution in [0.1, 0.15) is 28.8 Å². The van der Waals surface area contributed by atoms with Crippen molar-refractivity contribution in [1.82, 2.24) is 10.6 Å². The smallest absolute Gasteiger partial charge is 0.370 e. The lowest BCUT2D eigenvalue weighted by Crippen LogP contribution is -2.47. The molecule has 13 heteroatoms. The summed E-state index contributed by atoms with van der Waals surface area (Å²) in [7, 11) is 0. The van der Waals surface area contributed by atoms with Crippen LogP contribution in [0.25, 0.3) is 0 Å². The molecule has 9 nitrogen and oxygen atoms in total. The standard InChI is InChI=1S/C22H24ClF3N6O3/c23-15-9-8-14(22(24,25)26)11-17(15)32-20(35)16(7-4-10-29-21(27)28)31-18(33)12-30-19(34)13-5-2-1-3-6-13/h1-3,5-6,8-9,11,16H,4,7,10,12H2,(H,30,34)(H,31,33)(H,32,35)(H4,27,28,29)/t16-/m0/s1. The fraction of sp³-hybridized carbons (Fsp3) is 0.273. The number of hydrogen-bond donors (Lipinski definition) is 5. The van der Waals surface area contributed by atoms with Crippen molar-refractivity contribution in [1.29, 1.82) is 0 Å². The van der Waals surface area contributed by atoms with Gasteiger partial charge in [-0.2, -0.15) is 13.2 Å². The maximum atomic E-state index is 13.0. The predicted octanol–water partition coefficient (Wildman–Crippen LogP) is 2.27. The summed E-state index contributed by atoms with van der Waals surface area (Å²) in [5.41, 5.74) is 9.59. The Morgan fingerprint density at radius 1 is 1.06 bits per heavy atom. The molecule has 0 aliphatic carbocycles. The summed E-state index contributed by atoms with van der Waals surface area (Å²) in [6, 6.07) is 9.47. The molecule has 2 aromatic carbocycles.